The molecule has 7 rings (SSSR count). The Balaban J connectivity index is 1.16. The van der Waals surface area contributed by atoms with E-state index in [1.807, 2.05) is 13.8 Å². The zero-order valence-corrected chi connectivity index (χ0v) is 40.0. The molecular formula is C48H74O18. The van der Waals surface area contributed by atoms with E-state index in [4.69, 9.17) is 33.2 Å². The zero-order chi connectivity index (χ0) is 48.9. The second-order valence-corrected chi connectivity index (χ2v) is 22.4. The van der Waals surface area contributed by atoms with Crippen molar-refractivity contribution in [2.75, 3.05) is 13.2 Å². The van der Waals surface area contributed by atoms with Crippen LogP contribution in [0, 0.1) is 50.2 Å². The lowest BCUT2D eigenvalue weighted by atomic mass is 9.33. The summed E-state index contributed by atoms with van der Waals surface area (Å²) in [5.74, 6) is -3.66. The highest BCUT2D eigenvalue weighted by molar-refractivity contribution is 5.73. The second-order valence-electron chi connectivity index (χ2n) is 22.4. The van der Waals surface area contributed by atoms with Crippen LogP contribution in [0.3, 0.4) is 0 Å². The molecule has 4 saturated carbocycles. The van der Waals surface area contributed by atoms with E-state index in [1.165, 1.54) is 26.3 Å². The van der Waals surface area contributed by atoms with Crippen LogP contribution in [0.1, 0.15) is 121 Å². The second kappa shape index (κ2) is 17.9. The molecule has 2 saturated heterocycles. The molecule has 0 aromatic carbocycles. The molecular weight excluding hydrogens is 865 g/mol. The topological polar surface area (TPSA) is 274 Å². The molecule has 0 radical (unpaired) electrons. The minimum atomic E-state index is -1.85. The summed E-state index contributed by atoms with van der Waals surface area (Å²) in [6.07, 6.45) is -10.1. The van der Waals surface area contributed by atoms with Crippen molar-refractivity contribution in [1.29, 1.82) is 0 Å². The number of carbonyl (C=O) groups excluding carboxylic acids is 3. The third-order valence-corrected chi connectivity index (χ3v) is 18.6. The maximum atomic E-state index is 12.7. The summed E-state index contributed by atoms with van der Waals surface area (Å²) in [5.41, 5.74) is -2.22. The molecule has 18 heteroatoms. The van der Waals surface area contributed by atoms with Gasteiger partial charge in [-0.3, -0.25) is 14.4 Å². The van der Waals surface area contributed by atoms with Crippen LogP contribution < -0.4 is 0 Å². The molecule has 22 atom stereocenters. The van der Waals surface area contributed by atoms with Crippen LogP contribution >= 0.6 is 0 Å². The van der Waals surface area contributed by atoms with E-state index < -0.39 is 120 Å². The number of carboxylic acid groups (broad SMARTS) is 1. The monoisotopic (exact) mass is 938 g/mol. The van der Waals surface area contributed by atoms with Crippen molar-refractivity contribution >= 4 is 23.9 Å². The van der Waals surface area contributed by atoms with Gasteiger partial charge in [0.2, 0.25) is 0 Å². The lowest BCUT2D eigenvalue weighted by molar-refractivity contribution is -0.339. The van der Waals surface area contributed by atoms with Crippen LogP contribution in [0.5, 0.6) is 0 Å². The first-order chi connectivity index (χ1) is 30.7. The maximum Gasteiger partial charge on any atom is 0.335 e. The highest BCUT2D eigenvalue weighted by Crippen LogP contribution is 2.76. The van der Waals surface area contributed by atoms with Crippen LogP contribution in [0.2, 0.25) is 0 Å². The quantitative estimate of drug-likeness (QED) is 0.0718. The molecule has 2 heterocycles. The van der Waals surface area contributed by atoms with Crippen LogP contribution in [0.15, 0.2) is 11.6 Å². The molecule has 6 fully saturated rings. The van der Waals surface area contributed by atoms with E-state index in [0.717, 1.165) is 25.7 Å². The molecule has 7 aliphatic rings. The molecule has 374 valence electrons. The summed E-state index contributed by atoms with van der Waals surface area (Å²) >= 11 is 0. The van der Waals surface area contributed by atoms with Gasteiger partial charge in [-0.2, -0.15) is 0 Å². The van der Waals surface area contributed by atoms with Gasteiger partial charge in [0.25, 0.3) is 0 Å². The average molecular weight is 939 g/mol. The Morgan fingerprint density at radius 1 is 0.697 bits per heavy atom. The molecule has 0 aromatic heterocycles. The maximum absolute atomic E-state index is 12.7. The fraction of sp³-hybridized carbons (Fsp3) is 0.875. The first-order valence-corrected chi connectivity index (χ1v) is 23.7. The Morgan fingerprint density at radius 3 is 1.91 bits per heavy atom. The highest BCUT2D eigenvalue weighted by atomic mass is 16.7. The summed E-state index contributed by atoms with van der Waals surface area (Å²) in [6, 6.07) is 0. The van der Waals surface area contributed by atoms with Gasteiger partial charge < -0.3 is 68.9 Å². The first kappa shape index (κ1) is 51.1. The number of rotatable bonds is 10. The Labute approximate surface area is 386 Å². The predicted molar refractivity (Wildman–Crippen MR) is 229 cm³/mol. The molecule has 2 aliphatic heterocycles. The zero-order valence-electron chi connectivity index (χ0n) is 40.0. The molecule has 0 spiro atoms. The van der Waals surface area contributed by atoms with Gasteiger partial charge in [0.15, 0.2) is 37.0 Å². The van der Waals surface area contributed by atoms with Crippen LogP contribution in [-0.4, -0.2) is 153 Å². The van der Waals surface area contributed by atoms with E-state index in [0.29, 0.717) is 25.7 Å². The number of allylic oxidation sites excluding steroid dienone is 2. The Bertz CT molecular complexity index is 1910. The third-order valence-electron chi connectivity index (χ3n) is 18.6. The molecule has 5 aliphatic carbocycles. The Kier molecular flexibility index (Phi) is 13.8. The molecule has 0 amide bonds. The molecule has 18 nitrogen and oxygen atoms in total. The van der Waals surface area contributed by atoms with Crippen molar-refractivity contribution < 1.29 is 88.1 Å². The van der Waals surface area contributed by atoms with Gasteiger partial charge in [-0.15, -0.1) is 0 Å². The van der Waals surface area contributed by atoms with E-state index in [1.54, 1.807) is 6.92 Å². The minimum Gasteiger partial charge on any atom is -0.479 e. The van der Waals surface area contributed by atoms with Crippen molar-refractivity contribution in [3.05, 3.63) is 11.6 Å². The number of esters is 3. The van der Waals surface area contributed by atoms with Crippen molar-refractivity contribution in [1.82, 2.24) is 0 Å². The van der Waals surface area contributed by atoms with Gasteiger partial charge in [-0.25, -0.2) is 4.79 Å². The highest BCUT2D eigenvalue weighted by Gasteiger charge is 2.71. The average Bonchev–Trinajstić information content (AvgIpc) is 3.23. The van der Waals surface area contributed by atoms with Crippen LogP contribution in [0.4, 0.5) is 0 Å². The fourth-order valence-corrected chi connectivity index (χ4v) is 14.7. The number of aliphatic carboxylic acids is 1. The van der Waals surface area contributed by atoms with Gasteiger partial charge >= 0.3 is 23.9 Å². The minimum absolute atomic E-state index is 0.0527. The molecule has 66 heavy (non-hydrogen) atoms. The van der Waals surface area contributed by atoms with Crippen molar-refractivity contribution in [3.63, 3.8) is 0 Å². The van der Waals surface area contributed by atoms with Crippen molar-refractivity contribution in [2.24, 2.45) is 50.2 Å². The number of aliphatic hydroxyl groups is 6. The van der Waals surface area contributed by atoms with Crippen molar-refractivity contribution in [2.45, 2.75) is 200 Å². The summed E-state index contributed by atoms with van der Waals surface area (Å²) in [5, 5.41) is 76.6. The van der Waals surface area contributed by atoms with Crippen LogP contribution in [0.25, 0.3) is 0 Å². The number of ether oxygens (including phenoxy) is 7. The van der Waals surface area contributed by atoms with E-state index in [2.05, 4.69) is 33.8 Å². The Hall–Kier alpha value is -2.78. The van der Waals surface area contributed by atoms with E-state index in [9.17, 15) is 54.9 Å². The number of carbonyl (C=O) groups is 4. The molecule has 0 unspecified atom stereocenters. The van der Waals surface area contributed by atoms with Crippen LogP contribution in [-0.2, 0) is 52.3 Å². The number of hydrogen-bond donors (Lipinski definition) is 7. The number of aliphatic hydroxyl groups excluding tert-OH is 6. The molecule has 0 bridgehead atoms. The summed E-state index contributed by atoms with van der Waals surface area (Å²) in [6.45, 7) is 17.5. The number of carboxylic acids is 1. The van der Waals surface area contributed by atoms with Gasteiger partial charge in [0, 0.05) is 37.0 Å². The molecule has 0 aromatic rings. The van der Waals surface area contributed by atoms with E-state index >= 15 is 0 Å². The number of hydrogen-bond acceptors (Lipinski definition) is 17. The normalized spacial score (nSPS) is 51.1. The summed E-state index contributed by atoms with van der Waals surface area (Å²) in [4.78, 5) is 48.9. The fourth-order valence-electron chi connectivity index (χ4n) is 14.7. The lowest BCUT2D eigenvalue weighted by Crippen LogP contribution is -2.69. The van der Waals surface area contributed by atoms with Gasteiger partial charge in [-0.1, -0.05) is 53.2 Å². The SMILES string of the molecule is CC(=O)O[C@@H]1[C@@H](OC(C)=O)[C@H](C)O[C@@H](O[C@H]2[C@@H](O)[C@]3(C)CC[C@]4(C)C(=CC[C@@H]5[C@@]6(C)CC[C@H](O[C@@H]7O[C@H](C(=O)O)[C@@H](O)[C@H](O)[C@H]7O)[C@@](C)(CO)[C@@H]6CC[C@]54C)[C@@H]3C[C@]2(C)CO)[C@@H]1OC(C)=O. The third kappa shape index (κ3) is 7.94. The standard InChI is InChI=1S/C48H74O18/c1-22-34(61-23(2)51)36(62-24(3)52)37(63-25(4)53)42(60-22)66-39-38(57)44(6)17-18-47(9)26(27(44)19-43(39,5)20-49)11-12-29-45(7)15-14-30(46(8,21-50)28(45)13-16-48(29,47)10)64-41-33(56)31(54)32(55)35(65-41)40(58)59/h11,22,27-39,41-42,49-50,54-57H,12-21H2,1-10H3,(H,58,59)/t22-,27-,28+,29+,30-,31-,32-,33+,34-,35-,36+,37+,38+,39-,41+,42-,43+,44+,45-,46-,47+,48+/m0/s1. The summed E-state index contributed by atoms with van der Waals surface area (Å²) < 4.78 is 41.6. The molecule has 7 N–H and O–H groups in total. The smallest absolute Gasteiger partial charge is 0.335 e. The van der Waals surface area contributed by atoms with Crippen molar-refractivity contribution in [3.8, 4) is 0 Å². The first-order valence-electron chi connectivity index (χ1n) is 23.7. The lowest BCUT2D eigenvalue weighted by Gasteiger charge is -2.72. The van der Waals surface area contributed by atoms with Gasteiger partial charge in [-0.05, 0) is 92.3 Å². The van der Waals surface area contributed by atoms with E-state index in [-0.39, 0.29) is 47.2 Å². The Morgan fingerprint density at radius 2 is 1.32 bits per heavy atom. The van der Waals surface area contributed by atoms with Gasteiger partial charge in [0.1, 0.15) is 18.3 Å². The largest absolute Gasteiger partial charge is 0.479 e. The summed E-state index contributed by atoms with van der Waals surface area (Å²) in [7, 11) is 0. The number of fused-ring (bicyclic) bond motifs is 7. The van der Waals surface area contributed by atoms with Gasteiger partial charge in [0.05, 0.1) is 37.6 Å². The predicted octanol–water partition coefficient (Wildman–Crippen LogP) is 2.54.